The van der Waals surface area contributed by atoms with Crippen LogP contribution in [-0.4, -0.2) is 23.9 Å². The van der Waals surface area contributed by atoms with Crippen LogP contribution in [0.3, 0.4) is 0 Å². The van der Waals surface area contributed by atoms with Gasteiger partial charge in [0.2, 0.25) is 6.17 Å². The molecule has 0 radical (unpaired) electrons. The van der Waals surface area contributed by atoms with Crippen LogP contribution in [0.5, 0.6) is 0 Å². The van der Waals surface area contributed by atoms with Gasteiger partial charge in [-0.25, -0.2) is 0 Å². The highest BCUT2D eigenvalue weighted by Crippen LogP contribution is 1.95. The van der Waals surface area contributed by atoms with Gasteiger partial charge in [0.15, 0.2) is 0 Å². The predicted octanol–water partition coefficient (Wildman–Crippen LogP) is -0.296. The molecule has 1 rings (SSSR count). The number of nitriles is 1. The van der Waals surface area contributed by atoms with Crippen LogP contribution in [-0.2, 0) is 0 Å². The first-order valence-corrected chi connectivity index (χ1v) is 2.82. The Morgan fingerprint density at radius 3 is 3.22 bits per heavy atom. The monoisotopic (exact) mass is 124 g/mol. The number of rotatable bonds is 1. The molecule has 0 aromatic heterocycles. The average Bonchev–Trinajstić information content (AvgIpc) is 2.33. The third kappa shape index (κ3) is 0.941. The van der Waals surface area contributed by atoms with E-state index in [2.05, 4.69) is 16.6 Å². The second kappa shape index (κ2) is 2.35. The Labute approximate surface area is 53.8 Å². The van der Waals surface area contributed by atoms with Crippen molar-refractivity contribution in [1.82, 2.24) is 10.3 Å². The quantitative estimate of drug-likeness (QED) is 0.522. The Bertz CT molecular complexity index is 157. The molecule has 1 atom stereocenters. The molecule has 0 saturated carbocycles. The van der Waals surface area contributed by atoms with E-state index in [4.69, 9.17) is 5.26 Å². The number of nitrogens with zero attached hydrogens (tertiary/aromatic N) is 3. The van der Waals surface area contributed by atoms with Crippen molar-refractivity contribution in [2.45, 2.75) is 13.1 Å². The van der Waals surface area contributed by atoms with Gasteiger partial charge in [-0.15, -0.1) is 0 Å². The smallest absolute Gasteiger partial charge is 0.205 e. The molecule has 4 heteroatoms. The molecule has 4 nitrogen and oxygen atoms in total. The maximum absolute atomic E-state index is 8.43. The van der Waals surface area contributed by atoms with Crippen molar-refractivity contribution < 1.29 is 0 Å². The lowest BCUT2D eigenvalue weighted by Crippen LogP contribution is -2.34. The molecule has 1 unspecified atom stereocenters. The Kier molecular flexibility index (Phi) is 1.54. The first kappa shape index (κ1) is 5.89. The van der Waals surface area contributed by atoms with E-state index in [1.165, 1.54) is 0 Å². The Morgan fingerprint density at radius 1 is 2.00 bits per heavy atom. The van der Waals surface area contributed by atoms with Crippen LogP contribution < -0.4 is 5.43 Å². The van der Waals surface area contributed by atoms with Gasteiger partial charge in [-0.1, -0.05) is 0 Å². The molecule has 0 bridgehead atoms. The fourth-order valence-corrected chi connectivity index (χ4v) is 0.686. The maximum atomic E-state index is 8.43. The molecule has 1 aliphatic heterocycles. The molecule has 0 amide bonds. The van der Waals surface area contributed by atoms with Crippen LogP contribution in [0.15, 0.2) is 5.10 Å². The zero-order valence-corrected chi connectivity index (χ0v) is 5.20. The Hall–Kier alpha value is -1.24. The van der Waals surface area contributed by atoms with Crippen molar-refractivity contribution in [3.63, 3.8) is 0 Å². The molecule has 0 aromatic carbocycles. The molecule has 0 fully saturated rings. The van der Waals surface area contributed by atoms with E-state index in [1.54, 1.807) is 6.34 Å². The molecule has 0 spiro atoms. The second-order valence-electron chi connectivity index (χ2n) is 1.74. The number of hydrogen-bond donors (Lipinski definition) is 1. The van der Waals surface area contributed by atoms with E-state index < -0.39 is 0 Å². The van der Waals surface area contributed by atoms with Crippen molar-refractivity contribution in [3.05, 3.63) is 0 Å². The van der Waals surface area contributed by atoms with Crippen LogP contribution in [0.4, 0.5) is 0 Å². The summed E-state index contributed by atoms with van der Waals surface area (Å²) in [6.07, 6.45) is 1.38. The van der Waals surface area contributed by atoms with E-state index in [-0.39, 0.29) is 6.17 Å². The summed E-state index contributed by atoms with van der Waals surface area (Å²) in [4.78, 5) is 1.82. The van der Waals surface area contributed by atoms with Gasteiger partial charge in [-0.2, -0.15) is 10.4 Å². The van der Waals surface area contributed by atoms with Crippen LogP contribution in [0.2, 0.25) is 0 Å². The molecule has 1 heterocycles. The largest absolute Gasteiger partial charge is 0.328 e. The standard InChI is InChI=1S/C5H8N4/c1-2-9-4-7-8-5(9)3-6/h4-5,8H,2H2,1H3. The van der Waals surface area contributed by atoms with Crippen molar-refractivity contribution in [3.8, 4) is 6.07 Å². The SMILES string of the molecule is CCN1C=NNC1C#N. The summed E-state index contributed by atoms with van der Waals surface area (Å²) in [5, 5.41) is 12.1. The van der Waals surface area contributed by atoms with Gasteiger partial charge >= 0.3 is 0 Å². The fourth-order valence-electron chi connectivity index (χ4n) is 0.686. The highest BCUT2D eigenvalue weighted by Gasteiger charge is 2.15. The summed E-state index contributed by atoms with van der Waals surface area (Å²) < 4.78 is 0. The van der Waals surface area contributed by atoms with Crippen molar-refractivity contribution >= 4 is 6.34 Å². The molecule has 48 valence electrons. The van der Waals surface area contributed by atoms with Crippen LogP contribution in [0.25, 0.3) is 0 Å². The van der Waals surface area contributed by atoms with E-state index in [0.29, 0.717) is 0 Å². The van der Waals surface area contributed by atoms with Gasteiger partial charge < -0.3 is 4.90 Å². The predicted molar refractivity (Wildman–Crippen MR) is 33.4 cm³/mol. The summed E-state index contributed by atoms with van der Waals surface area (Å²) in [5.74, 6) is 0. The van der Waals surface area contributed by atoms with E-state index in [9.17, 15) is 0 Å². The minimum absolute atomic E-state index is 0.255. The van der Waals surface area contributed by atoms with Gasteiger partial charge in [0.05, 0.1) is 0 Å². The summed E-state index contributed by atoms with van der Waals surface area (Å²) >= 11 is 0. The zero-order chi connectivity index (χ0) is 6.69. The molecular formula is C5H8N4. The van der Waals surface area contributed by atoms with Crippen molar-refractivity contribution in [2.24, 2.45) is 5.10 Å². The second-order valence-corrected chi connectivity index (χ2v) is 1.74. The molecular weight excluding hydrogens is 116 g/mol. The van der Waals surface area contributed by atoms with Gasteiger partial charge in [0.25, 0.3) is 0 Å². The number of hydrogen-bond acceptors (Lipinski definition) is 4. The first-order chi connectivity index (χ1) is 4.38. The fraction of sp³-hybridized carbons (Fsp3) is 0.600. The average molecular weight is 124 g/mol. The minimum atomic E-state index is -0.255. The van der Waals surface area contributed by atoms with Crippen molar-refractivity contribution in [1.29, 1.82) is 5.26 Å². The van der Waals surface area contributed by atoms with Crippen LogP contribution >= 0.6 is 0 Å². The highest BCUT2D eigenvalue weighted by atomic mass is 15.5. The molecule has 1 N–H and O–H groups in total. The summed E-state index contributed by atoms with van der Waals surface area (Å²) in [6, 6.07) is 2.05. The molecule has 1 aliphatic rings. The number of nitrogens with one attached hydrogen (secondary N) is 1. The molecule has 9 heavy (non-hydrogen) atoms. The van der Waals surface area contributed by atoms with E-state index in [0.717, 1.165) is 6.54 Å². The molecule has 0 saturated heterocycles. The lowest BCUT2D eigenvalue weighted by Gasteiger charge is -2.13. The zero-order valence-electron chi connectivity index (χ0n) is 5.20. The third-order valence-corrected chi connectivity index (χ3v) is 1.22. The van der Waals surface area contributed by atoms with E-state index in [1.807, 2.05) is 11.8 Å². The molecule has 0 aromatic rings. The lowest BCUT2D eigenvalue weighted by molar-refractivity contribution is 0.382. The van der Waals surface area contributed by atoms with Crippen LogP contribution in [0, 0.1) is 11.3 Å². The van der Waals surface area contributed by atoms with Gasteiger partial charge in [-0.3, -0.25) is 5.43 Å². The Morgan fingerprint density at radius 2 is 2.78 bits per heavy atom. The first-order valence-electron chi connectivity index (χ1n) is 2.82. The van der Waals surface area contributed by atoms with Crippen LogP contribution in [0.1, 0.15) is 6.92 Å². The molecule has 0 aliphatic carbocycles. The van der Waals surface area contributed by atoms with Crippen molar-refractivity contribution in [2.75, 3.05) is 6.54 Å². The topological polar surface area (TPSA) is 51.4 Å². The normalized spacial score (nSPS) is 23.6. The summed E-state index contributed by atoms with van der Waals surface area (Å²) in [6.45, 7) is 2.79. The summed E-state index contributed by atoms with van der Waals surface area (Å²) in [7, 11) is 0. The van der Waals surface area contributed by atoms with Gasteiger partial charge in [0, 0.05) is 6.54 Å². The third-order valence-electron chi connectivity index (χ3n) is 1.22. The van der Waals surface area contributed by atoms with E-state index >= 15 is 0 Å². The minimum Gasteiger partial charge on any atom is -0.328 e. The van der Waals surface area contributed by atoms with Gasteiger partial charge in [0.1, 0.15) is 12.4 Å². The number of hydrazone groups is 1. The highest BCUT2D eigenvalue weighted by molar-refractivity contribution is 5.57. The lowest BCUT2D eigenvalue weighted by atomic mass is 10.5. The Balaban J connectivity index is 2.52. The maximum Gasteiger partial charge on any atom is 0.205 e. The summed E-state index contributed by atoms with van der Waals surface area (Å²) in [5.41, 5.74) is 2.64. The van der Waals surface area contributed by atoms with Gasteiger partial charge in [-0.05, 0) is 6.92 Å².